The lowest BCUT2D eigenvalue weighted by molar-refractivity contribution is 0.148. The van der Waals surface area contributed by atoms with Gasteiger partial charge in [0.15, 0.2) is 0 Å². The number of hydrogen-bond donors (Lipinski definition) is 2. The molecule has 4 rings (SSSR count). The third kappa shape index (κ3) is 5.62. The number of rotatable bonds is 7. The molecule has 0 saturated carbocycles. The van der Waals surface area contributed by atoms with Crippen molar-refractivity contribution in [2.75, 3.05) is 36.5 Å². The number of aromatic nitrogens is 2. The van der Waals surface area contributed by atoms with Crippen LogP contribution >= 0.6 is 0 Å². The third-order valence-electron chi connectivity index (χ3n) is 6.45. The van der Waals surface area contributed by atoms with Crippen molar-refractivity contribution >= 4 is 17.9 Å². The average molecular weight is 453 g/mol. The number of piperazine rings is 1. The van der Waals surface area contributed by atoms with Gasteiger partial charge in [-0.1, -0.05) is 38.1 Å². The van der Waals surface area contributed by atoms with E-state index in [9.17, 15) is 4.79 Å². The quantitative estimate of drug-likeness (QED) is 0.661. The van der Waals surface area contributed by atoms with Gasteiger partial charge in [-0.3, -0.25) is 9.80 Å². The van der Waals surface area contributed by atoms with Crippen LogP contribution < -0.4 is 15.5 Å². The molecule has 0 spiro atoms. The van der Waals surface area contributed by atoms with Gasteiger partial charge >= 0.3 is 6.09 Å². The van der Waals surface area contributed by atoms with Gasteiger partial charge in [0.1, 0.15) is 12.4 Å². The Morgan fingerprint density at radius 1 is 1.21 bits per heavy atom. The number of nitrogens with zero attached hydrogens (tertiary/aromatic N) is 4. The Morgan fingerprint density at radius 3 is 2.67 bits per heavy atom. The van der Waals surface area contributed by atoms with Crippen molar-refractivity contribution in [2.45, 2.75) is 58.8 Å². The maximum absolute atomic E-state index is 12.3. The Hall–Kier alpha value is -2.71. The first kappa shape index (κ1) is 23.4. The molecule has 8 nitrogen and oxygen atoms in total. The lowest BCUT2D eigenvalue weighted by Gasteiger charge is -2.39. The summed E-state index contributed by atoms with van der Waals surface area (Å²) in [6, 6.07) is 10.5. The van der Waals surface area contributed by atoms with E-state index in [2.05, 4.69) is 84.4 Å². The van der Waals surface area contributed by atoms with Gasteiger partial charge in [-0.25, -0.2) is 9.78 Å². The molecule has 178 valence electrons. The minimum atomic E-state index is -0.352. The molecule has 2 aromatic rings. The van der Waals surface area contributed by atoms with E-state index in [0.717, 1.165) is 31.7 Å². The number of benzene rings is 1. The second-order valence-electron chi connectivity index (χ2n) is 10.1. The van der Waals surface area contributed by atoms with E-state index in [4.69, 9.17) is 4.74 Å². The summed E-state index contributed by atoms with van der Waals surface area (Å²) in [4.78, 5) is 25.4. The standard InChI is InChI=1S/C25H36N6O2/c1-17(2)21-15-33-24(32)31(21)22-10-11-26-23(29-22)28-18(3)20-8-6-19(7-9-20)14-30-13-12-27-25(4,5)16-30/h6-11,17-18,21,27H,12-16H2,1-5H3,(H,26,28,29)/t18-,21?/m0/s1. The van der Waals surface area contributed by atoms with Gasteiger partial charge in [-0.15, -0.1) is 0 Å². The molecule has 1 aromatic heterocycles. The molecule has 2 saturated heterocycles. The van der Waals surface area contributed by atoms with Crippen LogP contribution in [0, 0.1) is 5.92 Å². The number of carbonyl (C=O) groups excluding carboxylic acids is 1. The van der Waals surface area contributed by atoms with E-state index in [1.54, 1.807) is 17.2 Å². The molecule has 1 aromatic carbocycles. The summed E-state index contributed by atoms with van der Waals surface area (Å²) < 4.78 is 5.26. The van der Waals surface area contributed by atoms with E-state index in [1.807, 2.05) is 0 Å². The maximum atomic E-state index is 12.3. The fourth-order valence-corrected chi connectivity index (χ4v) is 4.57. The van der Waals surface area contributed by atoms with Gasteiger partial charge in [0.05, 0.1) is 12.1 Å². The molecule has 0 bridgehead atoms. The molecular weight excluding hydrogens is 416 g/mol. The third-order valence-corrected chi connectivity index (χ3v) is 6.45. The Morgan fingerprint density at radius 2 is 1.97 bits per heavy atom. The minimum absolute atomic E-state index is 0.0218. The summed E-state index contributed by atoms with van der Waals surface area (Å²) in [5.41, 5.74) is 2.63. The first-order valence-electron chi connectivity index (χ1n) is 11.8. The van der Waals surface area contributed by atoms with E-state index in [0.29, 0.717) is 18.4 Å². The van der Waals surface area contributed by atoms with Crippen LogP contribution in [0.3, 0.4) is 0 Å². The van der Waals surface area contributed by atoms with Crippen LogP contribution in [0.5, 0.6) is 0 Å². The zero-order valence-electron chi connectivity index (χ0n) is 20.3. The van der Waals surface area contributed by atoms with Crippen LogP contribution in [0.25, 0.3) is 0 Å². The van der Waals surface area contributed by atoms with E-state index in [-0.39, 0.29) is 29.6 Å². The zero-order valence-corrected chi connectivity index (χ0v) is 20.3. The monoisotopic (exact) mass is 452 g/mol. The fraction of sp³-hybridized carbons (Fsp3) is 0.560. The summed E-state index contributed by atoms with van der Waals surface area (Å²) in [5, 5.41) is 6.94. The van der Waals surface area contributed by atoms with Crippen LogP contribution in [0.15, 0.2) is 36.5 Å². The SMILES string of the molecule is CC(C)C1COC(=O)N1c1ccnc(N[C@@H](C)c2ccc(CN3CCNC(C)(C)C3)cc2)n1. The molecule has 2 atom stereocenters. The molecule has 2 aliphatic heterocycles. The molecule has 1 unspecified atom stereocenters. The Labute approximate surface area is 196 Å². The van der Waals surface area contributed by atoms with Crippen molar-refractivity contribution in [2.24, 2.45) is 5.92 Å². The molecule has 1 amide bonds. The van der Waals surface area contributed by atoms with Crippen molar-refractivity contribution in [1.82, 2.24) is 20.2 Å². The number of anilines is 2. The Kier molecular flexibility index (Phi) is 6.86. The summed E-state index contributed by atoms with van der Waals surface area (Å²) >= 11 is 0. The second kappa shape index (κ2) is 9.65. The summed E-state index contributed by atoms with van der Waals surface area (Å²) in [5.74, 6) is 1.33. The predicted molar refractivity (Wildman–Crippen MR) is 130 cm³/mol. The van der Waals surface area contributed by atoms with E-state index in [1.165, 1.54) is 5.56 Å². The highest BCUT2D eigenvalue weighted by Gasteiger charge is 2.37. The average Bonchev–Trinajstić information content (AvgIpc) is 3.15. The molecule has 33 heavy (non-hydrogen) atoms. The second-order valence-corrected chi connectivity index (χ2v) is 10.1. The molecule has 2 aliphatic rings. The lowest BCUT2D eigenvalue weighted by atomic mass is 10.0. The normalized spacial score (nSPS) is 21.8. The number of cyclic esters (lactones) is 1. The van der Waals surface area contributed by atoms with Gasteiger partial charge in [-0.2, -0.15) is 4.98 Å². The van der Waals surface area contributed by atoms with Crippen molar-refractivity contribution in [3.63, 3.8) is 0 Å². The molecule has 2 N–H and O–H groups in total. The van der Waals surface area contributed by atoms with Gasteiger partial charge in [-0.05, 0) is 43.9 Å². The Balaban J connectivity index is 1.40. The molecule has 3 heterocycles. The first-order valence-corrected chi connectivity index (χ1v) is 11.8. The van der Waals surface area contributed by atoms with Crippen LogP contribution in [0.1, 0.15) is 51.8 Å². The largest absolute Gasteiger partial charge is 0.447 e. The van der Waals surface area contributed by atoms with Crippen LogP contribution in [-0.4, -0.2) is 58.8 Å². The highest BCUT2D eigenvalue weighted by molar-refractivity contribution is 5.89. The maximum Gasteiger partial charge on any atom is 0.415 e. The minimum Gasteiger partial charge on any atom is -0.447 e. The highest BCUT2D eigenvalue weighted by atomic mass is 16.6. The van der Waals surface area contributed by atoms with E-state index < -0.39 is 0 Å². The predicted octanol–water partition coefficient (Wildman–Crippen LogP) is 3.81. The Bertz CT molecular complexity index is 962. The number of carbonyl (C=O) groups is 1. The van der Waals surface area contributed by atoms with Crippen molar-refractivity contribution in [1.29, 1.82) is 0 Å². The van der Waals surface area contributed by atoms with Crippen LogP contribution in [0.4, 0.5) is 16.6 Å². The van der Waals surface area contributed by atoms with E-state index >= 15 is 0 Å². The lowest BCUT2D eigenvalue weighted by Crippen LogP contribution is -2.56. The summed E-state index contributed by atoms with van der Waals surface area (Å²) in [6.45, 7) is 15.2. The topological polar surface area (TPSA) is 82.6 Å². The summed E-state index contributed by atoms with van der Waals surface area (Å²) in [7, 11) is 0. The molecule has 8 heteroatoms. The first-order chi connectivity index (χ1) is 15.7. The fourth-order valence-electron chi connectivity index (χ4n) is 4.57. The van der Waals surface area contributed by atoms with Crippen LogP contribution in [-0.2, 0) is 11.3 Å². The zero-order chi connectivity index (χ0) is 23.6. The van der Waals surface area contributed by atoms with Crippen molar-refractivity contribution < 1.29 is 9.53 Å². The number of ether oxygens (including phenoxy) is 1. The smallest absolute Gasteiger partial charge is 0.415 e. The number of hydrogen-bond acceptors (Lipinski definition) is 7. The van der Waals surface area contributed by atoms with Gasteiger partial charge in [0, 0.05) is 37.9 Å². The van der Waals surface area contributed by atoms with Gasteiger partial charge in [0.25, 0.3) is 0 Å². The molecular formula is C25H36N6O2. The van der Waals surface area contributed by atoms with Crippen molar-refractivity contribution in [3.8, 4) is 0 Å². The number of nitrogens with one attached hydrogen (secondary N) is 2. The molecule has 0 aliphatic carbocycles. The highest BCUT2D eigenvalue weighted by Crippen LogP contribution is 2.27. The number of amides is 1. The summed E-state index contributed by atoms with van der Waals surface area (Å²) in [6.07, 6.45) is 1.33. The van der Waals surface area contributed by atoms with Crippen LogP contribution in [0.2, 0.25) is 0 Å². The van der Waals surface area contributed by atoms with Crippen molar-refractivity contribution in [3.05, 3.63) is 47.7 Å². The van der Waals surface area contributed by atoms with Gasteiger partial charge in [0.2, 0.25) is 5.95 Å². The van der Waals surface area contributed by atoms with Gasteiger partial charge < -0.3 is 15.4 Å². The molecule has 0 radical (unpaired) electrons. The molecule has 2 fully saturated rings.